The molecule has 240 valence electrons. The van der Waals surface area contributed by atoms with Crippen LogP contribution in [-0.4, -0.2) is 114 Å². The lowest BCUT2D eigenvalue weighted by Gasteiger charge is -2.37. The van der Waals surface area contributed by atoms with Crippen molar-refractivity contribution in [2.75, 3.05) is 32.8 Å². The first kappa shape index (κ1) is 34.3. The molecular weight excluding hydrogens is 695 g/mol. The van der Waals surface area contributed by atoms with Gasteiger partial charge in [0.15, 0.2) is 5.96 Å². The van der Waals surface area contributed by atoms with Gasteiger partial charge in [0.1, 0.15) is 29.9 Å². The third-order valence-corrected chi connectivity index (χ3v) is 7.68. The van der Waals surface area contributed by atoms with Crippen molar-refractivity contribution in [1.82, 2.24) is 26.2 Å². The molecule has 2 fully saturated rings. The number of guanidine groups is 1. The first-order valence-corrected chi connectivity index (χ1v) is 14.7. The normalized spacial score (nSPS) is 23.6. The summed E-state index contributed by atoms with van der Waals surface area (Å²) in [5.74, 6) is -5.48. The third kappa shape index (κ3) is 9.93. The summed E-state index contributed by atoms with van der Waals surface area (Å²) in [5, 5.41) is 29.2. The number of carboxylic acids is 1. The molecule has 0 saturated carbocycles. The fraction of sp³-hybridized carbons (Fsp3) is 0.500. The van der Waals surface area contributed by atoms with Crippen molar-refractivity contribution in [1.29, 1.82) is 0 Å². The number of carboxylic acid groups (broad SMARTS) is 1. The molecule has 0 bridgehead atoms. The first-order valence-electron chi connectivity index (χ1n) is 13.7. The highest BCUT2D eigenvalue weighted by molar-refractivity contribution is 14.1. The van der Waals surface area contributed by atoms with Gasteiger partial charge < -0.3 is 52.6 Å². The Labute approximate surface area is 265 Å². The number of halogens is 1. The van der Waals surface area contributed by atoms with E-state index in [1.807, 2.05) is 22.6 Å². The first-order chi connectivity index (χ1) is 20.8. The van der Waals surface area contributed by atoms with Gasteiger partial charge >= 0.3 is 5.97 Å². The molecule has 44 heavy (non-hydrogen) atoms. The number of aromatic hydroxyl groups is 1. The number of carbonyl (C=O) groups excluding carboxylic acids is 5. The van der Waals surface area contributed by atoms with E-state index in [0.29, 0.717) is 9.13 Å². The van der Waals surface area contributed by atoms with Gasteiger partial charge in [-0.25, -0.2) is 0 Å². The van der Waals surface area contributed by atoms with E-state index in [9.17, 15) is 39.0 Å². The minimum Gasteiger partial charge on any atom is -0.507 e. The molecule has 3 rings (SSSR count). The molecule has 17 nitrogen and oxygen atoms in total. The molecule has 2 heterocycles. The molecule has 0 unspecified atom stereocenters. The summed E-state index contributed by atoms with van der Waals surface area (Å²) in [4.78, 5) is 83.1. The number of phenols is 1. The molecule has 0 spiro atoms. The molecule has 4 atom stereocenters. The summed E-state index contributed by atoms with van der Waals surface area (Å²) in [5.41, 5.74) is 11.2. The molecule has 10 N–H and O–H groups in total. The monoisotopic (exact) mass is 730 g/mol. The number of aliphatic imine (C=N–C) groups is 1. The van der Waals surface area contributed by atoms with Gasteiger partial charge in [-0.2, -0.15) is 0 Å². The van der Waals surface area contributed by atoms with Crippen molar-refractivity contribution in [3.05, 3.63) is 27.3 Å². The Balaban J connectivity index is 1.99. The van der Waals surface area contributed by atoms with Crippen LogP contribution < -0.4 is 32.7 Å². The van der Waals surface area contributed by atoms with Crippen LogP contribution in [0.4, 0.5) is 0 Å². The number of benzene rings is 1. The number of ether oxygens (including phenoxy) is 1. The highest BCUT2D eigenvalue weighted by Gasteiger charge is 2.39. The maximum atomic E-state index is 14.0. The maximum Gasteiger partial charge on any atom is 0.305 e. The van der Waals surface area contributed by atoms with Gasteiger partial charge in [-0.05, 0) is 53.1 Å². The maximum absolute atomic E-state index is 14.0. The number of amides is 5. The average molecular weight is 731 g/mol. The van der Waals surface area contributed by atoms with E-state index < -0.39 is 72.6 Å². The van der Waals surface area contributed by atoms with Crippen molar-refractivity contribution < 1.29 is 43.7 Å². The van der Waals surface area contributed by atoms with Crippen molar-refractivity contribution in [3.63, 3.8) is 0 Å². The number of morpholine rings is 1. The largest absolute Gasteiger partial charge is 0.507 e. The summed E-state index contributed by atoms with van der Waals surface area (Å²) in [6, 6.07) is -0.642. The van der Waals surface area contributed by atoms with Crippen LogP contribution in [0.1, 0.15) is 24.8 Å². The number of rotatable bonds is 8. The lowest BCUT2D eigenvalue weighted by atomic mass is 10.0. The average Bonchev–Trinajstić information content (AvgIpc) is 2.97. The Morgan fingerprint density at radius 1 is 1.05 bits per heavy atom. The Bertz CT molecular complexity index is 1310. The fourth-order valence-electron chi connectivity index (χ4n) is 4.63. The van der Waals surface area contributed by atoms with E-state index in [0.717, 1.165) is 0 Å². The summed E-state index contributed by atoms with van der Waals surface area (Å²) in [6.07, 6.45) is -0.550. The Morgan fingerprint density at radius 2 is 1.77 bits per heavy atom. The van der Waals surface area contributed by atoms with Crippen LogP contribution in [0.2, 0.25) is 0 Å². The number of aliphatic carboxylic acids is 1. The van der Waals surface area contributed by atoms with Crippen LogP contribution in [0.5, 0.6) is 5.75 Å². The van der Waals surface area contributed by atoms with Gasteiger partial charge in [0.05, 0.1) is 29.7 Å². The van der Waals surface area contributed by atoms with E-state index in [1.165, 1.54) is 11.0 Å². The lowest BCUT2D eigenvalue weighted by Crippen LogP contribution is -2.62. The van der Waals surface area contributed by atoms with Crippen LogP contribution in [0.25, 0.3) is 0 Å². The number of phenolic OH excluding ortho intramolecular Hbond substituents is 1. The second kappa shape index (κ2) is 16.0. The molecule has 2 aliphatic heterocycles. The van der Waals surface area contributed by atoms with E-state index in [1.54, 1.807) is 12.1 Å². The van der Waals surface area contributed by atoms with Crippen LogP contribution in [-0.2, 0) is 39.9 Å². The van der Waals surface area contributed by atoms with Crippen molar-refractivity contribution in [2.45, 2.75) is 49.9 Å². The molecule has 18 heteroatoms. The van der Waals surface area contributed by atoms with Gasteiger partial charge in [0, 0.05) is 19.5 Å². The minimum absolute atomic E-state index is 0.0111. The number of nitrogens with one attached hydrogen (secondary N) is 4. The number of hydrogen-bond acceptors (Lipinski definition) is 9. The molecule has 0 radical (unpaired) electrons. The van der Waals surface area contributed by atoms with Crippen LogP contribution in [0.15, 0.2) is 23.2 Å². The number of nitrogens with two attached hydrogens (primary N) is 2. The zero-order chi connectivity index (χ0) is 32.4. The van der Waals surface area contributed by atoms with Crippen LogP contribution >= 0.6 is 22.6 Å². The smallest absolute Gasteiger partial charge is 0.305 e. The Morgan fingerprint density at radius 3 is 2.45 bits per heavy atom. The van der Waals surface area contributed by atoms with Crippen molar-refractivity contribution in [2.24, 2.45) is 16.5 Å². The quantitative estimate of drug-likeness (QED) is 0.0574. The second-order valence-corrected chi connectivity index (χ2v) is 11.3. The van der Waals surface area contributed by atoms with Crippen LogP contribution in [0, 0.1) is 3.57 Å². The molecule has 0 aliphatic carbocycles. The number of hydrogen-bond donors (Lipinski definition) is 8. The van der Waals surface area contributed by atoms with Gasteiger partial charge in [0.2, 0.25) is 29.5 Å². The summed E-state index contributed by atoms with van der Waals surface area (Å²) in [7, 11) is 0. The Kier molecular flexibility index (Phi) is 12.5. The van der Waals surface area contributed by atoms with Gasteiger partial charge in [0.25, 0.3) is 0 Å². The van der Waals surface area contributed by atoms with E-state index in [4.69, 9.17) is 16.2 Å². The van der Waals surface area contributed by atoms with Crippen LogP contribution in [0.3, 0.4) is 0 Å². The fourth-order valence-corrected chi connectivity index (χ4v) is 5.21. The topological polar surface area (TPSA) is 268 Å². The standard InChI is InChI=1S/C26H35IN8O9/c27-14-8-13(3-4-19(14)36)9-17-25(43)35-6-7-44-12-18(35)24(42)33-15(2-1-5-30-26(28)29)22(40)31-11-20(37)32-16(10-21(38)39)23(41)34-17/h3-4,8,15-18,36H,1-2,5-7,9-12H2,(H,31,40)(H,32,37)(H,33,42)(H,34,41)(H,38,39)(H4,28,29,30)/t15-,16-,17+,18+/m0/s1. The number of fused-ring (bicyclic) bond motifs is 1. The summed E-state index contributed by atoms with van der Waals surface area (Å²) < 4.78 is 5.96. The van der Waals surface area contributed by atoms with Gasteiger partial charge in [-0.1, -0.05) is 6.07 Å². The molecule has 5 amide bonds. The van der Waals surface area contributed by atoms with E-state index in [2.05, 4.69) is 26.3 Å². The summed E-state index contributed by atoms with van der Waals surface area (Å²) >= 11 is 1.90. The molecule has 2 saturated heterocycles. The molecule has 2 aliphatic rings. The minimum atomic E-state index is -1.59. The summed E-state index contributed by atoms with van der Waals surface area (Å²) in [6.45, 7) is -0.600. The molecular formula is C26H35IN8O9. The highest BCUT2D eigenvalue weighted by Crippen LogP contribution is 2.22. The molecule has 0 aromatic heterocycles. The van der Waals surface area contributed by atoms with Crippen molar-refractivity contribution in [3.8, 4) is 5.75 Å². The predicted molar refractivity (Wildman–Crippen MR) is 162 cm³/mol. The zero-order valence-electron chi connectivity index (χ0n) is 23.6. The number of nitrogens with zero attached hydrogens (tertiary/aromatic N) is 2. The van der Waals surface area contributed by atoms with Crippen molar-refractivity contribution >= 4 is 64.1 Å². The Hall–Kier alpha value is -4.20. The van der Waals surface area contributed by atoms with Gasteiger partial charge in [-0.3, -0.25) is 33.8 Å². The SMILES string of the molecule is NC(N)=NCCC[C@@H]1NC(=O)[C@H]2COCCN2C(=O)[C@@H](Cc2ccc(O)c(I)c2)NC(=O)[C@H](CC(=O)O)NC(=O)CNC1=O. The predicted octanol–water partition coefficient (Wildman–Crippen LogP) is -3.12. The third-order valence-electron chi connectivity index (χ3n) is 6.81. The zero-order valence-corrected chi connectivity index (χ0v) is 25.7. The van der Waals surface area contributed by atoms with Gasteiger partial charge in [-0.15, -0.1) is 0 Å². The molecule has 1 aromatic rings. The number of carbonyl (C=O) groups is 6. The molecule has 1 aromatic carbocycles. The second-order valence-electron chi connectivity index (χ2n) is 10.1. The highest BCUT2D eigenvalue weighted by atomic mass is 127. The van der Waals surface area contributed by atoms with E-state index >= 15 is 0 Å². The van der Waals surface area contributed by atoms with E-state index in [-0.39, 0.29) is 57.3 Å². The lowest BCUT2D eigenvalue weighted by molar-refractivity contribution is -0.151.